The van der Waals surface area contributed by atoms with E-state index in [1.165, 1.54) is 4.90 Å². The van der Waals surface area contributed by atoms with Gasteiger partial charge in [-0.15, -0.1) is 0 Å². The SMILES string of the molecule is CC(C)(C)OC(=O)N(CCO)CCNc1cc(-c2cccc(Cl)c2Cl)[nH]n1. The minimum Gasteiger partial charge on any atom is -0.444 e. The van der Waals surface area contributed by atoms with Crippen molar-refractivity contribution >= 4 is 35.1 Å². The summed E-state index contributed by atoms with van der Waals surface area (Å²) >= 11 is 12.3. The second-order valence-electron chi connectivity index (χ2n) is 6.89. The van der Waals surface area contributed by atoms with Gasteiger partial charge in [-0.05, 0) is 26.8 Å². The van der Waals surface area contributed by atoms with E-state index in [-0.39, 0.29) is 13.2 Å². The van der Waals surface area contributed by atoms with E-state index in [0.717, 1.165) is 11.3 Å². The number of halogens is 2. The minimum absolute atomic E-state index is 0.140. The highest BCUT2D eigenvalue weighted by molar-refractivity contribution is 6.43. The number of aliphatic hydroxyl groups excluding tert-OH is 1. The van der Waals surface area contributed by atoms with Crippen LogP contribution in [0.2, 0.25) is 10.0 Å². The Bertz CT molecular complexity index is 774. The van der Waals surface area contributed by atoms with Crippen LogP contribution in [-0.2, 0) is 4.74 Å². The number of rotatable bonds is 7. The number of aromatic amines is 1. The van der Waals surface area contributed by atoms with E-state index in [9.17, 15) is 4.79 Å². The summed E-state index contributed by atoms with van der Waals surface area (Å²) in [6, 6.07) is 7.18. The largest absolute Gasteiger partial charge is 0.444 e. The van der Waals surface area contributed by atoms with Gasteiger partial charge in [0.05, 0.1) is 22.3 Å². The number of carbonyl (C=O) groups is 1. The quantitative estimate of drug-likeness (QED) is 0.636. The van der Waals surface area contributed by atoms with Gasteiger partial charge in [-0.2, -0.15) is 5.10 Å². The van der Waals surface area contributed by atoms with Crippen LogP contribution < -0.4 is 5.32 Å². The predicted octanol–water partition coefficient (Wildman–Crippen LogP) is 4.02. The molecule has 2 aromatic rings. The lowest BCUT2D eigenvalue weighted by Gasteiger charge is -2.27. The number of carbonyl (C=O) groups excluding carboxylic acids is 1. The van der Waals surface area contributed by atoms with Gasteiger partial charge in [0, 0.05) is 31.3 Å². The summed E-state index contributed by atoms with van der Waals surface area (Å²) in [5.74, 6) is 0.606. The molecule has 3 N–H and O–H groups in total. The molecule has 2 rings (SSSR count). The van der Waals surface area contributed by atoms with Gasteiger partial charge in [0.15, 0.2) is 0 Å². The zero-order valence-corrected chi connectivity index (χ0v) is 17.1. The van der Waals surface area contributed by atoms with Gasteiger partial charge < -0.3 is 20.1 Å². The summed E-state index contributed by atoms with van der Waals surface area (Å²) in [5.41, 5.74) is 0.885. The van der Waals surface area contributed by atoms with Crippen molar-refractivity contribution in [2.75, 3.05) is 31.6 Å². The molecule has 1 amide bonds. The fourth-order valence-corrected chi connectivity index (χ4v) is 2.72. The minimum atomic E-state index is -0.592. The number of aromatic nitrogens is 2. The highest BCUT2D eigenvalue weighted by Crippen LogP contribution is 2.33. The number of H-pyrrole nitrogens is 1. The van der Waals surface area contributed by atoms with Crippen LogP contribution in [0, 0.1) is 0 Å². The first-order valence-electron chi connectivity index (χ1n) is 8.53. The van der Waals surface area contributed by atoms with Crippen LogP contribution >= 0.6 is 23.2 Å². The molecular weight excluding hydrogens is 391 g/mol. The average molecular weight is 415 g/mol. The Labute approximate surface area is 168 Å². The molecule has 0 aliphatic carbocycles. The molecule has 1 heterocycles. The summed E-state index contributed by atoms with van der Waals surface area (Å²) in [4.78, 5) is 13.6. The van der Waals surface area contributed by atoms with Gasteiger partial charge in [0.1, 0.15) is 11.4 Å². The predicted molar refractivity (Wildman–Crippen MR) is 107 cm³/mol. The fourth-order valence-electron chi connectivity index (χ4n) is 2.32. The third-order valence-electron chi connectivity index (χ3n) is 3.53. The molecule has 0 saturated carbocycles. The molecule has 0 bridgehead atoms. The number of hydrogen-bond acceptors (Lipinski definition) is 5. The Morgan fingerprint density at radius 3 is 2.74 bits per heavy atom. The number of amides is 1. The Kier molecular flexibility index (Phi) is 7.35. The van der Waals surface area contributed by atoms with Gasteiger partial charge in [0.25, 0.3) is 0 Å². The Balaban J connectivity index is 1.95. The van der Waals surface area contributed by atoms with Gasteiger partial charge in [0.2, 0.25) is 0 Å². The normalized spacial score (nSPS) is 11.3. The van der Waals surface area contributed by atoms with Crippen molar-refractivity contribution in [3.05, 3.63) is 34.3 Å². The smallest absolute Gasteiger partial charge is 0.410 e. The molecule has 0 aliphatic rings. The molecule has 0 saturated heterocycles. The van der Waals surface area contributed by atoms with E-state index < -0.39 is 11.7 Å². The number of benzene rings is 1. The van der Waals surface area contributed by atoms with E-state index in [1.54, 1.807) is 32.9 Å². The first-order chi connectivity index (χ1) is 12.7. The van der Waals surface area contributed by atoms with Gasteiger partial charge in [-0.3, -0.25) is 5.10 Å². The molecule has 1 aromatic heterocycles. The van der Waals surface area contributed by atoms with E-state index in [2.05, 4.69) is 15.5 Å². The van der Waals surface area contributed by atoms with Crippen molar-refractivity contribution in [3.63, 3.8) is 0 Å². The molecule has 9 heteroatoms. The molecule has 0 atom stereocenters. The number of anilines is 1. The number of ether oxygens (including phenoxy) is 1. The lowest BCUT2D eigenvalue weighted by Crippen LogP contribution is -2.40. The molecule has 7 nitrogen and oxygen atoms in total. The summed E-state index contributed by atoms with van der Waals surface area (Å²) < 4.78 is 5.34. The second kappa shape index (κ2) is 9.30. The van der Waals surface area contributed by atoms with E-state index in [1.807, 2.05) is 12.1 Å². The van der Waals surface area contributed by atoms with Crippen LogP contribution in [0.5, 0.6) is 0 Å². The van der Waals surface area contributed by atoms with Crippen LogP contribution in [0.4, 0.5) is 10.6 Å². The van der Waals surface area contributed by atoms with Gasteiger partial charge in [-0.25, -0.2) is 4.79 Å². The lowest BCUT2D eigenvalue weighted by molar-refractivity contribution is 0.0227. The van der Waals surface area contributed by atoms with Crippen molar-refractivity contribution in [2.45, 2.75) is 26.4 Å². The maximum atomic E-state index is 12.2. The van der Waals surface area contributed by atoms with E-state index >= 15 is 0 Å². The van der Waals surface area contributed by atoms with Crippen molar-refractivity contribution < 1.29 is 14.6 Å². The zero-order chi connectivity index (χ0) is 20.0. The molecule has 0 unspecified atom stereocenters. The van der Waals surface area contributed by atoms with Crippen molar-refractivity contribution in [1.29, 1.82) is 0 Å². The summed E-state index contributed by atoms with van der Waals surface area (Å²) in [7, 11) is 0. The average Bonchev–Trinajstić information content (AvgIpc) is 3.03. The number of nitrogens with one attached hydrogen (secondary N) is 2. The first kappa shape index (κ1) is 21.3. The molecule has 0 spiro atoms. The summed E-state index contributed by atoms with van der Waals surface area (Å²) in [6.07, 6.45) is -0.466. The topological polar surface area (TPSA) is 90.5 Å². The van der Waals surface area contributed by atoms with Gasteiger partial charge in [-0.1, -0.05) is 35.3 Å². The maximum Gasteiger partial charge on any atom is 0.410 e. The monoisotopic (exact) mass is 414 g/mol. The lowest BCUT2D eigenvalue weighted by atomic mass is 10.1. The summed E-state index contributed by atoms with van der Waals surface area (Å²) in [5, 5.41) is 20.3. The number of hydrogen-bond donors (Lipinski definition) is 3. The van der Waals surface area contributed by atoms with Crippen LogP contribution in [0.1, 0.15) is 20.8 Å². The molecule has 1 aromatic carbocycles. The van der Waals surface area contributed by atoms with Crippen LogP contribution in [-0.4, -0.2) is 58.1 Å². The van der Waals surface area contributed by atoms with Crippen molar-refractivity contribution in [3.8, 4) is 11.3 Å². The highest BCUT2D eigenvalue weighted by Gasteiger charge is 2.21. The Morgan fingerprint density at radius 1 is 1.33 bits per heavy atom. The second-order valence-corrected chi connectivity index (χ2v) is 7.67. The van der Waals surface area contributed by atoms with E-state index in [0.29, 0.717) is 29.0 Å². The van der Waals surface area contributed by atoms with Crippen LogP contribution in [0.25, 0.3) is 11.3 Å². The zero-order valence-electron chi connectivity index (χ0n) is 15.6. The van der Waals surface area contributed by atoms with Gasteiger partial charge >= 0.3 is 6.09 Å². The molecule has 0 radical (unpaired) electrons. The first-order valence-corrected chi connectivity index (χ1v) is 9.29. The molecule has 0 aliphatic heterocycles. The standard InChI is InChI=1S/C18H24Cl2N4O3/c1-18(2,3)27-17(26)24(9-10-25)8-7-21-15-11-14(22-23-15)12-5-4-6-13(19)16(12)20/h4-6,11,25H,7-10H2,1-3H3,(H2,21,22,23). The maximum absolute atomic E-state index is 12.2. The summed E-state index contributed by atoms with van der Waals surface area (Å²) in [6.45, 7) is 6.24. The molecule has 148 valence electrons. The number of nitrogens with zero attached hydrogens (tertiary/aromatic N) is 2. The highest BCUT2D eigenvalue weighted by atomic mass is 35.5. The van der Waals surface area contributed by atoms with Crippen molar-refractivity contribution in [1.82, 2.24) is 15.1 Å². The van der Waals surface area contributed by atoms with Crippen molar-refractivity contribution in [2.24, 2.45) is 0 Å². The Morgan fingerprint density at radius 2 is 2.07 bits per heavy atom. The van der Waals surface area contributed by atoms with Crippen LogP contribution in [0.3, 0.4) is 0 Å². The number of aliphatic hydroxyl groups is 1. The third kappa shape index (κ3) is 6.30. The molecular formula is C18H24Cl2N4O3. The third-order valence-corrected chi connectivity index (χ3v) is 4.35. The van der Waals surface area contributed by atoms with E-state index in [4.69, 9.17) is 33.0 Å². The molecule has 0 fully saturated rings. The van der Waals surface area contributed by atoms with Crippen LogP contribution in [0.15, 0.2) is 24.3 Å². The molecule has 27 heavy (non-hydrogen) atoms. The Hall–Kier alpha value is -1.96. The fraction of sp³-hybridized carbons (Fsp3) is 0.444.